The zero-order valence-electron chi connectivity index (χ0n) is 22.3. The third-order valence-corrected chi connectivity index (χ3v) is 8.04. The number of fused-ring (bicyclic) bond motifs is 4. The Morgan fingerprint density at radius 2 is 1.45 bits per heavy atom. The average Bonchev–Trinajstić information content (AvgIpc) is 3.61. The van der Waals surface area contributed by atoms with Crippen LogP contribution in [0.25, 0.3) is 61.2 Å². The molecule has 0 amide bonds. The fraction of sp³-hybridized carbons (Fsp3) is 0.176. The summed E-state index contributed by atoms with van der Waals surface area (Å²) in [5.74, 6) is 0. The zero-order valence-corrected chi connectivity index (χ0v) is 23.1. The highest BCUT2D eigenvalue weighted by Crippen LogP contribution is 2.38. The fourth-order valence-corrected chi connectivity index (χ4v) is 6.08. The van der Waals surface area contributed by atoms with Crippen LogP contribution < -0.4 is 0 Å². The molecule has 0 radical (unpaired) electrons. The molecular weight excluding hydrogens is 510 g/mol. The molecule has 0 aliphatic heterocycles. The third kappa shape index (κ3) is 4.64. The van der Waals surface area contributed by atoms with Gasteiger partial charge in [0.15, 0.2) is 0 Å². The van der Waals surface area contributed by atoms with Crippen molar-refractivity contribution in [1.29, 1.82) is 10.5 Å². The standard InChI is InChI=1S/C34H27N5S/c1-2-3-4-7-18-39-31-9-6-5-8-29(31)30-20-26(14-17-32(30)39)28-16-15-27(33-34(28)38-40-37-33)25-12-10-23(11-13-25)19-24(21-35)22-36/h5-6,8-17,19-20H,2-4,7,18H2,1H3. The number of rotatable bonds is 8. The van der Waals surface area contributed by atoms with Gasteiger partial charge in [-0.25, -0.2) is 0 Å². The van der Waals surface area contributed by atoms with E-state index in [-0.39, 0.29) is 5.57 Å². The van der Waals surface area contributed by atoms with Crippen molar-refractivity contribution >= 4 is 50.6 Å². The molecule has 194 valence electrons. The summed E-state index contributed by atoms with van der Waals surface area (Å²) in [6, 6.07) is 31.3. The van der Waals surface area contributed by atoms with E-state index in [0.717, 1.165) is 45.4 Å². The number of hydrogen-bond donors (Lipinski definition) is 0. The van der Waals surface area contributed by atoms with E-state index in [9.17, 15) is 0 Å². The van der Waals surface area contributed by atoms with E-state index < -0.39 is 0 Å². The number of aromatic nitrogens is 3. The zero-order chi connectivity index (χ0) is 27.5. The van der Waals surface area contributed by atoms with Crippen molar-refractivity contribution in [3.8, 4) is 34.4 Å². The Balaban J connectivity index is 1.40. The van der Waals surface area contributed by atoms with Gasteiger partial charge in [-0.15, -0.1) is 0 Å². The molecule has 0 unspecified atom stereocenters. The van der Waals surface area contributed by atoms with Crippen LogP contribution in [0.5, 0.6) is 0 Å². The monoisotopic (exact) mass is 537 g/mol. The summed E-state index contributed by atoms with van der Waals surface area (Å²) in [5.41, 5.74) is 9.45. The number of unbranched alkanes of at least 4 members (excludes halogenated alkanes) is 3. The second kappa shape index (κ2) is 11.1. The number of allylic oxidation sites excluding steroid dienone is 1. The Kier molecular flexibility index (Phi) is 7.10. The molecule has 4 aromatic carbocycles. The molecule has 0 aliphatic carbocycles. The van der Waals surface area contributed by atoms with Crippen molar-refractivity contribution < 1.29 is 0 Å². The summed E-state index contributed by atoms with van der Waals surface area (Å²) in [7, 11) is 0. The first kappa shape index (κ1) is 25.5. The Hall–Kier alpha value is -4.78. The van der Waals surface area contributed by atoms with E-state index in [4.69, 9.17) is 14.9 Å². The van der Waals surface area contributed by atoms with Gasteiger partial charge in [-0.05, 0) is 47.4 Å². The van der Waals surface area contributed by atoms with Crippen molar-refractivity contribution in [1.82, 2.24) is 13.3 Å². The predicted molar refractivity (Wildman–Crippen MR) is 165 cm³/mol. The van der Waals surface area contributed by atoms with Gasteiger partial charge < -0.3 is 4.57 Å². The summed E-state index contributed by atoms with van der Waals surface area (Å²) >= 11 is 1.23. The summed E-state index contributed by atoms with van der Waals surface area (Å²) < 4.78 is 11.9. The molecule has 0 N–H and O–H groups in total. The van der Waals surface area contributed by atoms with Crippen molar-refractivity contribution in [2.75, 3.05) is 0 Å². The number of nitrogens with zero attached hydrogens (tertiary/aromatic N) is 5. The van der Waals surface area contributed by atoms with Crippen LogP contribution in [0.4, 0.5) is 0 Å². The quantitative estimate of drug-likeness (QED) is 0.143. The molecule has 0 spiro atoms. The topological polar surface area (TPSA) is 78.3 Å². The van der Waals surface area contributed by atoms with Crippen molar-refractivity contribution in [3.63, 3.8) is 0 Å². The van der Waals surface area contributed by atoms with Gasteiger partial charge in [0.05, 0.1) is 11.7 Å². The van der Waals surface area contributed by atoms with E-state index in [1.165, 1.54) is 59.2 Å². The van der Waals surface area contributed by atoms with Crippen LogP contribution in [0.3, 0.4) is 0 Å². The largest absolute Gasteiger partial charge is 0.340 e. The maximum Gasteiger partial charge on any atom is 0.130 e. The van der Waals surface area contributed by atoms with E-state index in [0.29, 0.717) is 0 Å². The van der Waals surface area contributed by atoms with Crippen molar-refractivity contribution in [2.45, 2.75) is 39.2 Å². The van der Waals surface area contributed by atoms with Gasteiger partial charge in [0.1, 0.15) is 28.7 Å². The highest BCUT2D eigenvalue weighted by Gasteiger charge is 2.16. The summed E-state index contributed by atoms with van der Waals surface area (Å²) in [4.78, 5) is 0. The molecule has 6 rings (SSSR count). The number of benzene rings is 4. The number of hydrogen-bond acceptors (Lipinski definition) is 5. The molecule has 6 heteroatoms. The van der Waals surface area contributed by atoms with Gasteiger partial charge >= 0.3 is 0 Å². The molecule has 2 aromatic heterocycles. The smallest absolute Gasteiger partial charge is 0.130 e. The normalized spacial score (nSPS) is 11.1. The minimum atomic E-state index is 0.0831. The van der Waals surface area contributed by atoms with Crippen molar-refractivity contribution in [2.24, 2.45) is 0 Å². The third-order valence-electron chi connectivity index (χ3n) is 7.51. The van der Waals surface area contributed by atoms with Crippen LogP contribution in [0.1, 0.15) is 38.2 Å². The Labute approximate surface area is 237 Å². The summed E-state index contributed by atoms with van der Waals surface area (Å²) in [6.45, 7) is 3.28. The van der Waals surface area contributed by atoms with Gasteiger partial charge in [0, 0.05) is 39.5 Å². The lowest BCUT2D eigenvalue weighted by Crippen LogP contribution is -1.97. The van der Waals surface area contributed by atoms with Gasteiger partial charge in [0.25, 0.3) is 0 Å². The molecular formula is C34H27N5S. The first-order chi connectivity index (χ1) is 19.7. The molecule has 5 nitrogen and oxygen atoms in total. The molecule has 0 atom stereocenters. The Bertz CT molecular complexity index is 1950. The summed E-state index contributed by atoms with van der Waals surface area (Å²) in [6.07, 6.45) is 6.54. The highest BCUT2D eigenvalue weighted by atomic mass is 32.1. The van der Waals surface area contributed by atoms with Crippen LogP contribution in [-0.4, -0.2) is 13.3 Å². The average molecular weight is 538 g/mol. The minimum Gasteiger partial charge on any atom is -0.340 e. The van der Waals surface area contributed by atoms with Crippen LogP contribution in [-0.2, 0) is 6.54 Å². The molecule has 0 bridgehead atoms. The van der Waals surface area contributed by atoms with Crippen LogP contribution >= 0.6 is 11.7 Å². The molecule has 0 aliphatic rings. The lowest BCUT2D eigenvalue weighted by atomic mass is 9.96. The van der Waals surface area contributed by atoms with Crippen LogP contribution in [0, 0.1) is 22.7 Å². The predicted octanol–water partition coefficient (Wildman–Crippen LogP) is 9.14. The Morgan fingerprint density at radius 3 is 2.17 bits per heavy atom. The lowest BCUT2D eigenvalue weighted by Gasteiger charge is -2.09. The maximum absolute atomic E-state index is 9.04. The van der Waals surface area contributed by atoms with Gasteiger partial charge in [-0.2, -0.15) is 19.3 Å². The van der Waals surface area contributed by atoms with Gasteiger partial charge in [0.2, 0.25) is 0 Å². The lowest BCUT2D eigenvalue weighted by molar-refractivity contribution is 0.602. The number of aryl methyl sites for hydroxylation is 1. The highest BCUT2D eigenvalue weighted by molar-refractivity contribution is 7.00. The molecule has 0 saturated heterocycles. The molecule has 40 heavy (non-hydrogen) atoms. The minimum absolute atomic E-state index is 0.0831. The van der Waals surface area contributed by atoms with Gasteiger partial charge in [-0.1, -0.05) is 86.8 Å². The molecule has 2 heterocycles. The van der Waals surface area contributed by atoms with Crippen LogP contribution in [0.2, 0.25) is 0 Å². The van der Waals surface area contributed by atoms with Crippen LogP contribution in [0.15, 0.2) is 84.4 Å². The summed E-state index contributed by atoms with van der Waals surface area (Å²) in [5, 5.41) is 20.6. The fourth-order valence-electron chi connectivity index (χ4n) is 5.51. The number of nitriles is 2. The second-order valence-corrected chi connectivity index (χ2v) is 10.5. The van der Waals surface area contributed by atoms with Gasteiger partial charge in [-0.3, -0.25) is 0 Å². The number of para-hydroxylation sites is 1. The first-order valence-corrected chi connectivity index (χ1v) is 14.3. The molecule has 0 saturated carbocycles. The van der Waals surface area contributed by atoms with E-state index in [1.807, 2.05) is 36.4 Å². The first-order valence-electron chi connectivity index (χ1n) is 13.6. The molecule has 6 aromatic rings. The molecule has 0 fully saturated rings. The maximum atomic E-state index is 9.04. The second-order valence-electron chi connectivity index (χ2n) is 9.99. The van der Waals surface area contributed by atoms with E-state index in [1.54, 1.807) is 6.08 Å². The SMILES string of the molecule is CCCCCCn1c2ccccc2c2cc(-c3ccc(-c4ccc(C=C(C#N)C#N)cc4)c4nsnc34)ccc21. The Morgan fingerprint density at radius 1 is 0.775 bits per heavy atom. The van der Waals surface area contributed by atoms with E-state index >= 15 is 0 Å². The van der Waals surface area contributed by atoms with Crippen molar-refractivity contribution in [3.05, 3.63) is 90.0 Å². The van der Waals surface area contributed by atoms with E-state index in [2.05, 4.69) is 70.5 Å².